The number of guanidine groups is 1. The summed E-state index contributed by atoms with van der Waals surface area (Å²) in [6, 6.07) is 5.76. The fourth-order valence-corrected chi connectivity index (χ4v) is 2.23. The quantitative estimate of drug-likeness (QED) is 0.374. The molecule has 22 heavy (non-hydrogen) atoms. The van der Waals surface area contributed by atoms with Gasteiger partial charge in [-0.25, -0.2) is 0 Å². The van der Waals surface area contributed by atoms with Crippen molar-refractivity contribution >= 4 is 53.3 Å². The third-order valence-electron chi connectivity index (χ3n) is 3.13. The lowest BCUT2D eigenvalue weighted by atomic mass is 10.1. The van der Waals surface area contributed by atoms with Crippen LogP contribution in [0.3, 0.4) is 0 Å². The van der Waals surface area contributed by atoms with Crippen LogP contribution in [0.5, 0.6) is 5.75 Å². The van der Waals surface area contributed by atoms with Crippen molar-refractivity contribution in [3.8, 4) is 5.75 Å². The number of halogens is 2. The van der Waals surface area contributed by atoms with Crippen LogP contribution in [0, 0.1) is 0 Å². The van der Waals surface area contributed by atoms with Crippen molar-refractivity contribution in [3.05, 3.63) is 28.8 Å². The minimum absolute atomic E-state index is 0. The molecule has 0 aliphatic carbocycles. The number of methoxy groups -OCH3 is 1. The van der Waals surface area contributed by atoms with Crippen molar-refractivity contribution in [3.63, 3.8) is 0 Å². The van der Waals surface area contributed by atoms with Gasteiger partial charge < -0.3 is 15.4 Å². The van der Waals surface area contributed by atoms with Gasteiger partial charge in [0.1, 0.15) is 5.75 Å². The van der Waals surface area contributed by atoms with Crippen LogP contribution in [-0.4, -0.2) is 44.7 Å². The SMILES string of the molecule is CN=C(NCCc1ccc(OC)cc1Cl)NCC(C)SC.I. The zero-order chi connectivity index (χ0) is 15.7. The summed E-state index contributed by atoms with van der Waals surface area (Å²) in [6.45, 7) is 3.85. The van der Waals surface area contributed by atoms with Crippen molar-refractivity contribution in [2.45, 2.75) is 18.6 Å². The molecule has 0 aromatic heterocycles. The molecule has 0 fully saturated rings. The van der Waals surface area contributed by atoms with Gasteiger partial charge in [-0.05, 0) is 30.4 Å². The topological polar surface area (TPSA) is 45.7 Å². The van der Waals surface area contributed by atoms with Gasteiger partial charge in [0.25, 0.3) is 0 Å². The first-order valence-electron chi connectivity index (χ1n) is 6.90. The van der Waals surface area contributed by atoms with E-state index in [1.165, 1.54) is 0 Å². The number of nitrogens with one attached hydrogen (secondary N) is 2. The maximum absolute atomic E-state index is 6.22. The average molecular weight is 458 g/mol. The Balaban J connectivity index is 0.00000441. The van der Waals surface area contributed by atoms with Gasteiger partial charge in [0.05, 0.1) is 7.11 Å². The van der Waals surface area contributed by atoms with E-state index in [9.17, 15) is 0 Å². The zero-order valence-corrected chi connectivity index (χ0v) is 17.4. The molecule has 0 radical (unpaired) electrons. The van der Waals surface area contributed by atoms with Crippen LogP contribution in [0.2, 0.25) is 5.02 Å². The van der Waals surface area contributed by atoms with Crippen LogP contribution in [0.25, 0.3) is 0 Å². The Labute approximate surface area is 159 Å². The zero-order valence-electron chi connectivity index (χ0n) is 13.5. The van der Waals surface area contributed by atoms with Gasteiger partial charge in [0.15, 0.2) is 5.96 Å². The van der Waals surface area contributed by atoms with E-state index in [1.54, 1.807) is 14.2 Å². The molecule has 0 saturated carbocycles. The first-order chi connectivity index (χ1) is 10.1. The highest BCUT2D eigenvalue weighted by Crippen LogP contribution is 2.22. The Bertz CT molecular complexity index is 474. The van der Waals surface area contributed by atoms with E-state index in [0.717, 1.165) is 41.8 Å². The Morgan fingerprint density at radius 3 is 2.68 bits per heavy atom. The Morgan fingerprint density at radius 1 is 1.41 bits per heavy atom. The number of thioether (sulfide) groups is 1. The van der Waals surface area contributed by atoms with E-state index in [0.29, 0.717) is 5.25 Å². The highest BCUT2D eigenvalue weighted by atomic mass is 127. The number of aliphatic imine (C=N–C) groups is 1. The van der Waals surface area contributed by atoms with Crippen molar-refractivity contribution in [2.24, 2.45) is 4.99 Å². The second-order valence-corrected chi connectivity index (χ2v) is 6.32. The molecular weight excluding hydrogens is 433 g/mol. The maximum Gasteiger partial charge on any atom is 0.191 e. The molecule has 0 amide bonds. The Morgan fingerprint density at radius 2 is 2.14 bits per heavy atom. The molecule has 0 spiro atoms. The minimum atomic E-state index is 0. The van der Waals surface area contributed by atoms with E-state index in [4.69, 9.17) is 16.3 Å². The van der Waals surface area contributed by atoms with Gasteiger partial charge in [-0.3, -0.25) is 4.99 Å². The molecule has 0 bridgehead atoms. The third-order valence-corrected chi connectivity index (χ3v) is 4.45. The monoisotopic (exact) mass is 457 g/mol. The van der Waals surface area contributed by atoms with E-state index < -0.39 is 0 Å². The molecule has 1 aromatic rings. The molecule has 4 nitrogen and oxygen atoms in total. The lowest BCUT2D eigenvalue weighted by Crippen LogP contribution is -2.40. The fourth-order valence-electron chi connectivity index (χ4n) is 1.72. The second kappa shape index (κ2) is 12.1. The van der Waals surface area contributed by atoms with Crippen molar-refractivity contribution in [2.75, 3.05) is 33.5 Å². The van der Waals surface area contributed by atoms with Crippen molar-refractivity contribution < 1.29 is 4.74 Å². The van der Waals surface area contributed by atoms with Gasteiger partial charge in [-0.1, -0.05) is 24.6 Å². The summed E-state index contributed by atoms with van der Waals surface area (Å²) in [6.07, 6.45) is 2.94. The molecule has 0 heterocycles. The smallest absolute Gasteiger partial charge is 0.191 e. The number of ether oxygens (including phenoxy) is 1. The third kappa shape index (κ3) is 7.78. The van der Waals surface area contributed by atoms with Crippen LogP contribution in [0.15, 0.2) is 23.2 Å². The number of benzene rings is 1. The molecule has 0 aliphatic heterocycles. The summed E-state index contributed by atoms with van der Waals surface area (Å²) in [5.41, 5.74) is 1.10. The predicted octanol–water partition coefficient (Wildman–Crippen LogP) is 3.43. The van der Waals surface area contributed by atoms with E-state index in [-0.39, 0.29) is 24.0 Å². The molecule has 1 rings (SSSR count). The largest absolute Gasteiger partial charge is 0.497 e. The molecule has 1 aromatic carbocycles. The van der Waals surface area contributed by atoms with Crippen LogP contribution in [0.1, 0.15) is 12.5 Å². The Hall–Kier alpha value is -0.340. The molecule has 0 aliphatic rings. The molecular formula is C15H25ClIN3OS. The van der Waals surface area contributed by atoms with Crippen molar-refractivity contribution in [1.29, 1.82) is 0 Å². The van der Waals surface area contributed by atoms with E-state index in [1.807, 2.05) is 30.0 Å². The minimum Gasteiger partial charge on any atom is -0.497 e. The molecule has 1 unspecified atom stereocenters. The van der Waals surface area contributed by atoms with Crippen molar-refractivity contribution in [1.82, 2.24) is 10.6 Å². The lowest BCUT2D eigenvalue weighted by Gasteiger charge is -2.15. The molecule has 7 heteroatoms. The second-order valence-electron chi connectivity index (χ2n) is 4.63. The normalized spacial score (nSPS) is 12.3. The standard InChI is InChI=1S/C15H24ClN3OS.HI/c1-11(21-4)10-19-15(17-2)18-8-7-12-5-6-13(20-3)9-14(12)16;/h5-6,9,11H,7-8,10H2,1-4H3,(H2,17,18,19);1H. The summed E-state index contributed by atoms with van der Waals surface area (Å²) in [4.78, 5) is 4.21. The van der Waals surface area contributed by atoms with Crippen LogP contribution >= 0.6 is 47.3 Å². The van der Waals surface area contributed by atoms with Gasteiger partial charge >= 0.3 is 0 Å². The summed E-state index contributed by atoms with van der Waals surface area (Å²) in [5, 5.41) is 7.88. The number of nitrogens with zero attached hydrogens (tertiary/aromatic N) is 1. The van der Waals surface area contributed by atoms with E-state index in [2.05, 4.69) is 28.8 Å². The maximum atomic E-state index is 6.22. The van der Waals surface area contributed by atoms with Gasteiger partial charge in [0.2, 0.25) is 0 Å². The summed E-state index contributed by atoms with van der Waals surface area (Å²) >= 11 is 8.05. The molecule has 1 atom stereocenters. The average Bonchev–Trinajstić information content (AvgIpc) is 2.51. The number of rotatable bonds is 7. The van der Waals surface area contributed by atoms with E-state index >= 15 is 0 Å². The Kier molecular flexibility index (Phi) is 11.9. The highest BCUT2D eigenvalue weighted by Gasteiger charge is 2.04. The first kappa shape index (κ1) is 21.7. The van der Waals surface area contributed by atoms with Gasteiger partial charge in [0, 0.05) is 30.4 Å². The first-order valence-corrected chi connectivity index (χ1v) is 8.57. The molecule has 2 N–H and O–H groups in total. The number of hydrogen-bond acceptors (Lipinski definition) is 3. The number of hydrogen-bond donors (Lipinski definition) is 2. The summed E-state index contributed by atoms with van der Waals surface area (Å²) < 4.78 is 5.14. The lowest BCUT2D eigenvalue weighted by molar-refractivity contribution is 0.414. The van der Waals surface area contributed by atoms with Gasteiger partial charge in [-0.2, -0.15) is 11.8 Å². The van der Waals surface area contributed by atoms with Crippen LogP contribution in [0.4, 0.5) is 0 Å². The molecule has 0 saturated heterocycles. The highest BCUT2D eigenvalue weighted by molar-refractivity contribution is 14.0. The van der Waals surface area contributed by atoms with Crippen LogP contribution in [-0.2, 0) is 6.42 Å². The van der Waals surface area contributed by atoms with Gasteiger partial charge in [-0.15, -0.1) is 24.0 Å². The summed E-state index contributed by atoms with van der Waals surface area (Å²) in [7, 11) is 3.41. The molecule has 126 valence electrons. The predicted molar refractivity (Wildman–Crippen MR) is 109 cm³/mol. The summed E-state index contributed by atoms with van der Waals surface area (Å²) in [5.74, 6) is 1.60. The fraction of sp³-hybridized carbons (Fsp3) is 0.533. The van der Waals surface area contributed by atoms with Crippen LogP contribution < -0.4 is 15.4 Å².